The molecule has 5 nitrogen and oxygen atoms in total. The third-order valence-corrected chi connectivity index (χ3v) is 6.96. The van der Waals surface area contributed by atoms with E-state index in [4.69, 9.17) is 9.84 Å². The topological polar surface area (TPSA) is 66.8 Å². The van der Waals surface area contributed by atoms with Gasteiger partial charge in [0.1, 0.15) is 10.6 Å². The van der Waals surface area contributed by atoms with Gasteiger partial charge in [-0.3, -0.25) is 4.31 Å². The minimum Gasteiger partial charge on any atom is -0.497 e. The van der Waals surface area contributed by atoms with E-state index in [1.807, 2.05) is 0 Å². The largest absolute Gasteiger partial charge is 0.497 e. The van der Waals surface area contributed by atoms with Crippen LogP contribution >= 0.6 is 27.3 Å². The number of sulfonamides is 1. The molecule has 1 aromatic heterocycles. The number of benzene rings is 1. The van der Waals surface area contributed by atoms with E-state index in [-0.39, 0.29) is 11.5 Å². The highest BCUT2D eigenvalue weighted by Gasteiger charge is 2.26. The molecule has 0 aliphatic carbocycles. The van der Waals surface area contributed by atoms with Crippen LogP contribution in [0.25, 0.3) is 0 Å². The molecule has 1 N–H and O–H groups in total. The molecule has 0 atom stereocenters. The van der Waals surface area contributed by atoms with Gasteiger partial charge in [0.05, 0.1) is 23.2 Å². The normalized spacial score (nSPS) is 11.4. The van der Waals surface area contributed by atoms with Crippen LogP contribution in [-0.4, -0.2) is 27.7 Å². The van der Waals surface area contributed by atoms with Crippen molar-refractivity contribution < 1.29 is 18.3 Å². The van der Waals surface area contributed by atoms with Gasteiger partial charge in [0.15, 0.2) is 0 Å². The number of methoxy groups -OCH3 is 1. The molecule has 1 heterocycles. The quantitative estimate of drug-likeness (QED) is 0.850. The molecule has 0 fully saturated rings. The molecule has 2 aromatic rings. The van der Waals surface area contributed by atoms with Gasteiger partial charge in [-0.05, 0) is 46.3 Å². The van der Waals surface area contributed by atoms with Crippen molar-refractivity contribution in [1.82, 2.24) is 0 Å². The second kappa shape index (κ2) is 6.35. The number of anilines is 1. The van der Waals surface area contributed by atoms with E-state index < -0.39 is 10.0 Å². The van der Waals surface area contributed by atoms with Crippen LogP contribution in [-0.2, 0) is 16.6 Å². The highest BCUT2D eigenvalue weighted by atomic mass is 79.9. The number of rotatable bonds is 5. The predicted molar refractivity (Wildman–Crippen MR) is 86.5 cm³/mol. The van der Waals surface area contributed by atoms with Crippen LogP contribution < -0.4 is 9.04 Å². The van der Waals surface area contributed by atoms with E-state index in [2.05, 4.69) is 15.9 Å². The second-order valence-electron chi connectivity index (χ2n) is 4.18. The van der Waals surface area contributed by atoms with Crippen LogP contribution in [0.5, 0.6) is 5.75 Å². The summed E-state index contributed by atoms with van der Waals surface area (Å²) in [7, 11) is -0.651. The summed E-state index contributed by atoms with van der Waals surface area (Å²) in [5.74, 6) is 0.656. The fraction of sp³-hybridized carbons (Fsp3) is 0.231. The first-order valence-corrected chi connectivity index (χ1v) is 8.97. The highest BCUT2D eigenvalue weighted by molar-refractivity contribution is 9.11. The summed E-state index contributed by atoms with van der Waals surface area (Å²) in [5, 5.41) is 9.12. The van der Waals surface area contributed by atoms with Gasteiger partial charge >= 0.3 is 0 Å². The van der Waals surface area contributed by atoms with Gasteiger partial charge in [0.2, 0.25) is 0 Å². The van der Waals surface area contributed by atoms with Crippen molar-refractivity contribution in [2.45, 2.75) is 11.5 Å². The molecule has 0 saturated heterocycles. The Bertz CT molecular complexity index is 725. The van der Waals surface area contributed by atoms with Crippen LogP contribution in [0.2, 0.25) is 0 Å². The van der Waals surface area contributed by atoms with Gasteiger partial charge in [0.25, 0.3) is 10.0 Å². The van der Waals surface area contributed by atoms with E-state index in [1.165, 1.54) is 28.8 Å². The third-order valence-electron chi connectivity index (χ3n) is 2.94. The van der Waals surface area contributed by atoms with Gasteiger partial charge in [-0.25, -0.2) is 8.42 Å². The van der Waals surface area contributed by atoms with Crippen LogP contribution in [0, 0.1) is 0 Å². The molecule has 0 aliphatic rings. The lowest BCUT2D eigenvalue weighted by molar-refractivity contribution is 0.285. The lowest BCUT2D eigenvalue weighted by atomic mass is 10.3. The summed E-state index contributed by atoms with van der Waals surface area (Å²) in [6.07, 6.45) is 0. The van der Waals surface area contributed by atoms with E-state index >= 15 is 0 Å². The fourth-order valence-corrected chi connectivity index (χ4v) is 5.42. The summed E-state index contributed by atoms with van der Waals surface area (Å²) in [6, 6.07) is 8.21. The van der Waals surface area contributed by atoms with Crippen molar-refractivity contribution in [3.05, 3.63) is 39.0 Å². The van der Waals surface area contributed by atoms with E-state index in [1.54, 1.807) is 31.4 Å². The molecule has 21 heavy (non-hydrogen) atoms. The minimum atomic E-state index is -3.69. The number of hydrogen-bond acceptors (Lipinski definition) is 5. The highest BCUT2D eigenvalue weighted by Crippen LogP contribution is 2.34. The summed E-state index contributed by atoms with van der Waals surface area (Å²) < 4.78 is 32.0. The van der Waals surface area contributed by atoms with E-state index in [0.29, 0.717) is 20.1 Å². The van der Waals surface area contributed by atoms with Crippen molar-refractivity contribution in [3.8, 4) is 5.75 Å². The van der Waals surface area contributed by atoms with Crippen LogP contribution in [0.15, 0.2) is 39.0 Å². The number of halogens is 1. The van der Waals surface area contributed by atoms with Crippen molar-refractivity contribution in [2.75, 3.05) is 18.5 Å². The molecule has 1 aromatic carbocycles. The molecule has 0 saturated carbocycles. The molecule has 0 aliphatic heterocycles. The lowest BCUT2D eigenvalue weighted by Gasteiger charge is -2.19. The monoisotopic (exact) mass is 391 g/mol. The average molecular weight is 392 g/mol. The van der Waals surface area contributed by atoms with Crippen LogP contribution in [0.3, 0.4) is 0 Å². The number of ether oxygens (including phenoxy) is 1. The molecule has 2 rings (SSSR count). The number of thiophene rings is 1. The SMILES string of the molecule is COc1ccc(N(C)S(=O)(=O)c2cc(CO)sc2Br)cc1. The molecule has 0 radical (unpaired) electrons. The molecule has 0 spiro atoms. The summed E-state index contributed by atoms with van der Waals surface area (Å²) in [4.78, 5) is 0.735. The first-order valence-electron chi connectivity index (χ1n) is 5.92. The van der Waals surface area contributed by atoms with Crippen molar-refractivity contribution in [3.63, 3.8) is 0 Å². The molecule has 0 unspecified atom stereocenters. The Hall–Kier alpha value is -1.09. The maximum absolute atomic E-state index is 12.6. The molecule has 8 heteroatoms. The minimum absolute atomic E-state index is 0.148. The molecule has 0 bridgehead atoms. The van der Waals surface area contributed by atoms with Crippen LogP contribution in [0.4, 0.5) is 5.69 Å². The standard InChI is InChI=1S/C13H14BrNO4S2/c1-15(9-3-5-10(19-2)6-4-9)21(17,18)12-7-11(8-16)20-13(12)14/h3-7,16H,8H2,1-2H3. The Balaban J connectivity index is 2.39. The zero-order valence-corrected chi connectivity index (χ0v) is 14.6. The van der Waals surface area contributed by atoms with E-state index in [0.717, 1.165) is 0 Å². The summed E-state index contributed by atoms with van der Waals surface area (Å²) in [5.41, 5.74) is 0.527. The Morgan fingerprint density at radius 3 is 2.43 bits per heavy atom. The molecule has 114 valence electrons. The van der Waals surface area contributed by atoms with Crippen molar-refractivity contribution in [1.29, 1.82) is 0 Å². The number of hydrogen-bond donors (Lipinski definition) is 1. The van der Waals surface area contributed by atoms with E-state index in [9.17, 15) is 8.42 Å². The first-order chi connectivity index (χ1) is 9.90. The number of aliphatic hydroxyl groups is 1. The Labute approximate surface area is 136 Å². The maximum Gasteiger partial charge on any atom is 0.266 e. The van der Waals surface area contributed by atoms with Crippen LogP contribution in [0.1, 0.15) is 4.88 Å². The average Bonchev–Trinajstić information content (AvgIpc) is 2.88. The Morgan fingerprint density at radius 2 is 1.95 bits per heavy atom. The van der Waals surface area contributed by atoms with Gasteiger partial charge in [-0.2, -0.15) is 0 Å². The summed E-state index contributed by atoms with van der Waals surface area (Å²) >= 11 is 4.44. The number of aliphatic hydroxyl groups excluding tert-OH is 1. The fourth-order valence-electron chi connectivity index (χ4n) is 1.73. The molecule has 0 amide bonds. The first kappa shape index (κ1) is 16.3. The zero-order valence-electron chi connectivity index (χ0n) is 11.4. The van der Waals surface area contributed by atoms with Crippen molar-refractivity contribution in [2.24, 2.45) is 0 Å². The maximum atomic E-state index is 12.6. The Kier molecular flexibility index (Phi) is 4.92. The lowest BCUT2D eigenvalue weighted by Crippen LogP contribution is -2.26. The van der Waals surface area contributed by atoms with Gasteiger partial charge < -0.3 is 9.84 Å². The zero-order chi connectivity index (χ0) is 15.6. The van der Waals surface area contributed by atoms with Gasteiger partial charge in [-0.15, -0.1) is 11.3 Å². The smallest absolute Gasteiger partial charge is 0.266 e. The van der Waals surface area contributed by atoms with Crippen molar-refractivity contribution >= 4 is 43.0 Å². The van der Waals surface area contributed by atoms with Gasteiger partial charge in [0, 0.05) is 11.9 Å². The molecular formula is C13H14BrNO4S2. The van der Waals surface area contributed by atoms with Gasteiger partial charge in [-0.1, -0.05) is 0 Å². The summed E-state index contributed by atoms with van der Waals surface area (Å²) in [6.45, 7) is -0.189. The predicted octanol–water partition coefficient (Wildman–Crippen LogP) is 2.84. The molecular weight excluding hydrogens is 378 g/mol. The third kappa shape index (κ3) is 3.23. The number of nitrogens with zero attached hydrogens (tertiary/aromatic N) is 1. The second-order valence-corrected chi connectivity index (χ2v) is 8.57. The Morgan fingerprint density at radius 1 is 1.33 bits per heavy atom.